The van der Waals surface area contributed by atoms with Crippen molar-refractivity contribution < 1.29 is 93.5 Å². The van der Waals surface area contributed by atoms with E-state index < -0.39 is 69.7 Å². The number of ether oxygens (including phenoxy) is 1. The van der Waals surface area contributed by atoms with Gasteiger partial charge in [0.15, 0.2) is 29.4 Å². The summed E-state index contributed by atoms with van der Waals surface area (Å²) in [6, 6.07) is 48.9. The Balaban J connectivity index is 0.000000188. The number of hydrogen-bond acceptors (Lipinski definition) is 15. The van der Waals surface area contributed by atoms with Crippen LogP contribution in [0.15, 0.2) is 264 Å². The molecule has 0 bridgehead atoms. The summed E-state index contributed by atoms with van der Waals surface area (Å²) in [5.74, 6) is 0.427. The second-order valence-corrected chi connectivity index (χ2v) is 48.0. The van der Waals surface area contributed by atoms with Crippen molar-refractivity contribution in [3.63, 3.8) is 0 Å². The number of benzene rings is 7. The number of nitrogens with zero attached hydrogens (tertiary/aromatic N) is 6. The highest BCUT2D eigenvalue weighted by atomic mass is 32.2. The highest BCUT2D eigenvalue weighted by Crippen LogP contribution is 2.54. The molecule has 8 N–H and O–H groups in total. The van der Waals surface area contributed by atoms with Crippen LogP contribution in [0.4, 0.5) is 31.4 Å². The molecule has 15 rings (SSSR count). The van der Waals surface area contributed by atoms with Gasteiger partial charge in [0.2, 0.25) is 29.1 Å². The molecule has 27 nitrogen and oxygen atoms in total. The third-order valence-electron chi connectivity index (χ3n) is 27.6. The predicted octanol–water partition coefficient (Wildman–Crippen LogP) is 19.4. The molecule has 0 radical (unpaired) electrons. The normalized spacial score (nSPS) is 17.5. The molecule has 6 aliphatic heterocycles. The van der Waals surface area contributed by atoms with E-state index in [1.54, 1.807) is 115 Å². The van der Waals surface area contributed by atoms with Gasteiger partial charge in [-0.2, -0.15) is 34.4 Å². The lowest BCUT2D eigenvalue weighted by Gasteiger charge is -2.30. The summed E-state index contributed by atoms with van der Waals surface area (Å²) >= 11 is 0. The summed E-state index contributed by atoms with van der Waals surface area (Å²) in [5.41, 5.74) is 13.1. The molecule has 0 spiro atoms. The second kappa shape index (κ2) is 46.7. The molecule has 8 heterocycles. The molecule has 1 unspecified atom stereocenters. The van der Waals surface area contributed by atoms with Gasteiger partial charge in [-0.3, -0.25) is 32.8 Å². The molecule has 2 aromatic heterocycles. The van der Waals surface area contributed by atoms with Crippen LogP contribution in [-0.4, -0.2) is 195 Å². The molecule has 4 amide bonds. The standard InChI is InChI=1S/C44H51N3O.C40H55N3O12S4.C29H30BF2N5O3/c1-31(2)30-45-40(48)24-12-9-17-29-47-37-28-26-33-19-14-16-21-35(33)42(37)44(5,6)39(47)23-11-8-10-22-38-43(3,4)41-34-20-15-13-18-32(34)25-27-36(41)46(38)7;1-29(2)28-41-38(44)16-10-11-21-40(5)33-27-31(59(53,54)55)18-20-35(33)43(22-12-24-56(6,45)46)37(40)15-9-7-8-14-36-39(3,4)32-26-30(58(50,51)52)17-19-34(32)42(36)23-13-25-57(47,48)49;1-20(2)17-34-28(38)18-35-29(39)19-40-25-12-6-21(7-13-25)5-8-22-9-10-23-16-24-11-14-27(26-4-3-15-33-26)37(24)30(31,32)36(22)23/h8,10-11,13-16,18-23,25-28,31H,9,12,17,24,29-30H2,1-7H3;7-9,14-15,17-20,26-27,29H,10-13,16,21-25,28H2,1-6H3,(H3-,41,44,47,48,49,50,51,52,53,54,55);3-16,20,33H,17-19H2,1-2H3,(H,34,38)(H,35,39)/p+2/b;;8-5+. The maximum atomic E-state index is 15.9. The number of anilines is 2. The Labute approximate surface area is 863 Å². The van der Waals surface area contributed by atoms with Crippen LogP contribution < -0.4 is 35.8 Å². The first-order valence-corrected chi connectivity index (χ1v) is 56.7. The third kappa shape index (κ3) is 26.8. The number of sulfone groups is 1. The molecular weight excluding hydrogens is 1940 g/mol. The van der Waals surface area contributed by atoms with Crippen molar-refractivity contribution in [1.82, 2.24) is 30.7 Å². The van der Waals surface area contributed by atoms with E-state index in [9.17, 15) is 66.5 Å². The zero-order valence-electron chi connectivity index (χ0n) is 86.4. The minimum atomic E-state index is -4.57. The van der Waals surface area contributed by atoms with Crippen LogP contribution in [-0.2, 0) is 81.0 Å². The van der Waals surface area contributed by atoms with Crippen LogP contribution in [0.25, 0.3) is 39.8 Å². The van der Waals surface area contributed by atoms with E-state index in [0.717, 1.165) is 58.8 Å². The van der Waals surface area contributed by atoms with E-state index in [1.807, 2.05) is 64.0 Å². The Kier molecular flexibility index (Phi) is 35.4. The van der Waals surface area contributed by atoms with E-state index in [4.69, 9.17) is 4.74 Å². The maximum absolute atomic E-state index is 15.9. The number of carbonyl (C=O) groups is 4. The Hall–Kier alpha value is -12.8. The molecule has 0 fully saturated rings. The van der Waals surface area contributed by atoms with Crippen molar-refractivity contribution >= 4 is 150 Å². The summed E-state index contributed by atoms with van der Waals surface area (Å²) in [7, 11) is -14.5. The van der Waals surface area contributed by atoms with Crippen molar-refractivity contribution in [2.75, 3.05) is 87.0 Å². The monoisotopic (exact) mass is 2080 g/mol. The number of aromatic nitrogens is 2. The summed E-state index contributed by atoms with van der Waals surface area (Å²) in [5, 5.41) is 16.4. The van der Waals surface area contributed by atoms with Crippen molar-refractivity contribution in [2.45, 2.75) is 186 Å². The van der Waals surface area contributed by atoms with Crippen molar-refractivity contribution in [3.8, 4) is 5.75 Å². The average molecular weight is 2080 g/mol. The van der Waals surface area contributed by atoms with E-state index in [0.29, 0.717) is 125 Å². The van der Waals surface area contributed by atoms with Crippen molar-refractivity contribution in [3.05, 3.63) is 299 Å². The molecule has 1 atom stereocenters. The largest absolute Gasteiger partial charge is 0.737 e. The fraction of sp³-hybridized carbons (Fsp3) is 0.372. The minimum absolute atomic E-state index is 0.0594. The zero-order chi connectivity index (χ0) is 107. The van der Waals surface area contributed by atoms with Gasteiger partial charge in [-0.1, -0.05) is 177 Å². The summed E-state index contributed by atoms with van der Waals surface area (Å²) in [4.78, 5) is 55.4. The van der Waals surface area contributed by atoms with Gasteiger partial charge >= 0.3 is 6.97 Å². The van der Waals surface area contributed by atoms with E-state index in [1.165, 1.54) is 85.8 Å². The topological polar surface area (TPSA) is 359 Å². The summed E-state index contributed by atoms with van der Waals surface area (Å²) in [6.07, 6.45) is 37.4. The number of amides is 4. The molecule has 147 heavy (non-hydrogen) atoms. The van der Waals surface area contributed by atoms with Gasteiger partial charge in [0.1, 0.15) is 34.9 Å². The first kappa shape index (κ1) is 111. The number of hydrogen-bond donors (Lipinski definition) is 8. The molecular formula is C113H138BF2N11O16S4+2. The molecule has 0 aliphatic carbocycles. The van der Waals surface area contributed by atoms with Crippen LogP contribution >= 0.6 is 0 Å². The predicted molar refractivity (Wildman–Crippen MR) is 585 cm³/mol. The van der Waals surface area contributed by atoms with E-state index >= 15 is 8.63 Å². The van der Waals surface area contributed by atoms with E-state index in [2.05, 4.69) is 187 Å². The Bertz CT molecular complexity index is 7390. The van der Waals surface area contributed by atoms with Crippen LogP contribution in [0.2, 0.25) is 0 Å². The quantitative estimate of drug-likeness (QED) is 0.00580. The number of H-pyrrole nitrogens is 1. The Morgan fingerprint density at radius 1 is 0.517 bits per heavy atom. The van der Waals surface area contributed by atoms with Gasteiger partial charge in [0.05, 0.1) is 38.7 Å². The fourth-order valence-corrected chi connectivity index (χ4v) is 22.4. The van der Waals surface area contributed by atoms with Crippen molar-refractivity contribution in [2.24, 2.45) is 17.8 Å². The highest BCUT2D eigenvalue weighted by molar-refractivity contribution is 7.90. The van der Waals surface area contributed by atoms with Gasteiger partial charge < -0.3 is 58.4 Å². The Morgan fingerprint density at radius 2 is 1.08 bits per heavy atom. The molecule has 34 heteroatoms. The molecule has 0 saturated carbocycles. The number of halogens is 2. The first-order chi connectivity index (χ1) is 69.4. The van der Waals surface area contributed by atoms with E-state index in [-0.39, 0.29) is 83.2 Å². The van der Waals surface area contributed by atoms with Crippen LogP contribution in [0.1, 0.15) is 199 Å². The molecule has 0 saturated heterocycles. The smallest absolute Gasteiger partial charge is 0.484 e. The number of nitrogens with one attached hydrogen (secondary N) is 5. The zero-order valence-corrected chi connectivity index (χ0v) is 89.7. The lowest BCUT2D eigenvalue weighted by Crippen LogP contribution is -2.50. The number of unbranched alkanes of at least 4 members (excludes halogenated alkanes) is 3. The van der Waals surface area contributed by atoms with Gasteiger partial charge in [0.25, 0.3) is 36.3 Å². The third-order valence-corrected chi connectivity index (χ3v) is 31.1. The number of carbonyl (C=O) groups excluding carboxylic acids is 4. The molecule has 7 aromatic carbocycles. The van der Waals surface area contributed by atoms with Gasteiger partial charge in [-0.15, -0.1) is 0 Å². The second-order valence-electron chi connectivity index (χ2n) is 41.3. The maximum Gasteiger partial charge on any atom is 0.737 e. The number of fused-ring (bicyclic) bond motifs is 10. The van der Waals surface area contributed by atoms with Crippen LogP contribution in [0, 0.1) is 17.8 Å². The minimum Gasteiger partial charge on any atom is -0.484 e. The fourth-order valence-electron chi connectivity index (χ4n) is 20.2. The lowest BCUT2D eigenvalue weighted by molar-refractivity contribution is -0.437. The summed E-state index contributed by atoms with van der Waals surface area (Å²) < 4.78 is 169. The van der Waals surface area contributed by atoms with Gasteiger partial charge in [0, 0.05) is 163 Å². The number of allylic oxidation sites excluding steroid dienone is 14. The van der Waals surface area contributed by atoms with Gasteiger partial charge in [-0.25, -0.2) is 8.42 Å². The molecule has 6 aliphatic rings. The van der Waals surface area contributed by atoms with Crippen LogP contribution in [0.5, 0.6) is 5.75 Å². The lowest BCUT2D eigenvalue weighted by atomic mass is 9.77. The average Bonchev–Trinajstić information content (AvgIpc) is 1.59. The first-order valence-electron chi connectivity index (χ1n) is 50.1. The number of rotatable bonds is 41. The molecule has 9 aromatic rings. The SMILES string of the molecule is CC(C)CNC(=O)CCCCC1(C)C(=CC=CC=CC2=[N+](CCCS(=O)(=O)O)c3ccc(S(=O)(=O)O)cc3C2(C)C)N(CCCS(C)(=O)=O)c2ccc(S(=O)(=O)O)cc21.CC(C)CNC(=O)CCCCCN1C(=CC=CC=CC2=[N+](C)c3ccc4ccccc4c3C2(C)C)C(C)(C)c2c1ccc1ccccc21.CC(C)CNC(=O)CNC(=O)COc1ccc(/C=C/c2ccc3n2[B-](F)(F)[N+]2=C(c4ccc[nH]4)C=CC2=C3)cc1. The summed E-state index contributed by atoms with van der Waals surface area (Å²) in [6.45, 7) is 26.1. The highest BCUT2D eigenvalue weighted by Gasteiger charge is 2.54. The molecule has 780 valence electrons. The Morgan fingerprint density at radius 3 is 1.69 bits per heavy atom. The van der Waals surface area contributed by atoms with Crippen LogP contribution in [0.3, 0.4) is 0 Å². The number of aromatic amines is 1. The van der Waals surface area contributed by atoms with Crippen molar-refractivity contribution in [1.29, 1.82) is 0 Å². The van der Waals surface area contributed by atoms with Gasteiger partial charge in [-0.05, 0) is 220 Å².